The predicted octanol–water partition coefficient (Wildman–Crippen LogP) is 0.844. The first kappa shape index (κ1) is 15.1. The number of aromatic nitrogens is 4. The number of hydrogen-bond donors (Lipinski definition) is 1. The standard InChI is InChI=1S/C15H17N7O/c1-23-13-4-12(22(8-13)14-2-3-17-9-20-14)7-19-15-11(5-16)6-18-10-21-15/h2-3,6,9-10,12-13H,4,7-8H2,1H3,(H,18,19,21)/t12-,13-/m1/s1. The Hall–Kier alpha value is -2.79. The normalized spacial score (nSPS) is 20.3. The molecule has 8 nitrogen and oxygen atoms in total. The van der Waals surface area contributed by atoms with E-state index < -0.39 is 0 Å². The molecule has 0 bridgehead atoms. The van der Waals surface area contributed by atoms with E-state index in [0.717, 1.165) is 18.8 Å². The van der Waals surface area contributed by atoms with Crippen LogP contribution in [-0.4, -0.2) is 52.3 Å². The fraction of sp³-hybridized carbons (Fsp3) is 0.400. The van der Waals surface area contributed by atoms with Crippen LogP contribution in [0.25, 0.3) is 0 Å². The lowest BCUT2D eigenvalue weighted by Gasteiger charge is -2.25. The van der Waals surface area contributed by atoms with E-state index in [4.69, 9.17) is 10.00 Å². The van der Waals surface area contributed by atoms with Crippen LogP contribution in [-0.2, 0) is 4.74 Å². The fourth-order valence-electron chi connectivity index (χ4n) is 2.74. The number of ether oxygens (including phenoxy) is 1. The van der Waals surface area contributed by atoms with E-state index >= 15 is 0 Å². The zero-order valence-electron chi connectivity index (χ0n) is 12.8. The molecule has 2 aromatic heterocycles. The smallest absolute Gasteiger partial charge is 0.147 e. The Labute approximate surface area is 134 Å². The summed E-state index contributed by atoms with van der Waals surface area (Å²) in [6, 6.07) is 4.16. The highest BCUT2D eigenvalue weighted by molar-refractivity contribution is 5.50. The predicted molar refractivity (Wildman–Crippen MR) is 83.8 cm³/mol. The largest absolute Gasteiger partial charge is 0.380 e. The molecule has 0 saturated carbocycles. The molecule has 8 heteroatoms. The number of anilines is 2. The van der Waals surface area contributed by atoms with Gasteiger partial charge in [-0.1, -0.05) is 0 Å². The molecule has 2 aromatic rings. The molecule has 1 fully saturated rings. The Balaban J connectivity index is 1.73. The summed E-state index contributed by atoms with van der Waals surface area (Å²) in [5.41, 5.74) is 0.433. The Morgan fingerprint density at radius 2 is 2.26 bits per heavy atom. The van der Waals surface area contributed by atoms with Gasteiger partial charge in [0.15, 0.2) is 0 Å². The average molecular weight is 311 g/mol. The van der Waals surface area contributed by atoms with Crippen molar-refractivity contribution in [3.63, 3.8) is 0 Å². The van der Waals surface area contributed by atoms with E-state index in [-0.39, 0.29) is 12.1 Å². The Bertz CT molecular complexity index is 688. The molecule has 1 aliphatic heterocycles. The maximum absolute atomic E-state index is 9.10. The van der Waals surface area contributed by atoms with Crippen LogP contribution in [0, 0.1) is 11.3 Å². The monoisotopic (exact) mass is 311 g/mol. The van der Waals surface area contributed by atoms with Crippen molar-refractivity contribution in [2.75, 3.05) is 30.4 Å². The van der Waals surface area contributed by atoms with Crippen LogP contribution in [0.4, 0.5) is 11.6 Å². The second kappa shape index (κ2) is 6.98. The van der Waals surface area contributed by atoms with Crippen molar-refractivity contribution < 1.29 is 4.74 Å². The summed E-state index contributed by atoms with van der Waals surface area (Å²) in [6.45, 7) is 1.41. The third kappa shape index (κ3) is 3.35. The molecule has 0 amide bonds. The Morgan fingerprint density at radius 1 is 1.39 bits per heavy atom. The topological polar surface area (TPSA) is 99.8 Å². The first-order chi connectivity index (χ1) is 11.3. The van der Waals surface area contributed by atoms with Gasteiger partial charge in [0.05, 0.1) is 18.3 Å². The fourth-order valence-corrected chi connectivity index (χ4v) is 2.74. The van der Waals surface area contributed by atoms with Gasteiger partial charge in [-0.25, -0.2) is 19.9 Å². The quantitative estimate of drug-likeness (QED) is 0.867. The van der Waals surface area contributed by atoms with Crippen LogP contribution >= 0.6 is 0 Å². The molecular formula is C15H17N7O. The van der Waals surface area contributed by atoms with Crippen LogP contribution in [0.5, 0.6) is 0 Å². The average Bonchev–Trinajstić information content (AvgIpc) is 3.04. The lowest BCUT2D eigenvalue weighted by Crippen LogP contribution is -2.35. The van der Waals surface area contributed by atoms with Crippen molar-refractivity contribution >= 4 is 11.6 Å². The summed E-state index contributed by atoms with van der Waals surface area (Å²) >= 11 is 0. The molecule has 0 aliphatic carbocycles. The van der Waals surface area contributed by atoms with Gasteiger partial charge in [-0.2, -0.15) is 5.26 Å². The highest BCUT2D eigenvalue weighted by Gasteiger charge is 2.33. The van der Waals surface area contributed by atoms with Gasteiger partial charge in [0, 0.05) is 26.4 Å². The first-order valence-corrected chi connectivity index (χ1v) is 7.31. The molecule has 0 spiro atoms. The molecule has 118 valence electrons. The highest BCUT2D eigenvalue weighted by atomic mass is 16.5. The van der Waals surface area contributed by atoms with Gasteiger partial charge >= 0.3 is 0 Å². The Morgan fingerprint density at radius 3 is 3.00 bits per heavy atom. The van der Waals surface area contributed by atoms with Crippen molar-refractivity contribution in [2.45, 2.75) is 18.6 Å². The van der Waals surface area contributed by atoms with E-state index in [1.54, 1.807) is 13.3 Å². The van der Waals surface area contributed by atoms with Crippen molar-refractivity contribution in [1.29, 1.82) is 5.26 Å². The number of hydrogen-bond acceptors (Lipinski definition) is 8. The molecular weight excluding hydrogens is 294 g/mol. The van der Waals surface area contributed by atoms with Crippen LogP contribution in [0.3, 0.4) is 0 Å². The molecule has 0 unspecified atom stereocenters. The number of rotatable bonds is 5. The SMILES string of the molecule is CO[C@@H]1C[C@H](CNc2ncncc2C#N)N(c2ccncn2)C1. The van der Waals surface area contributed by atoms with E-state index in [2.05, 4.69) is 36.2 Å². The minimum Gasteiger partial charge on any atom is -0.380 e. The van der Waals surface area contributed by atoms with E-state index in [0.29, 0.717) is 17.9 Å². The second-order valence-electron chi connectivity index (χ2n) is 5.24. The van der Waals surface area contributed by atoms with Crippen molar-refractivity contribution in [2.24, 2.45) is 0 Å². The zero-order chi connectivity index (χ0) is 16.1. The summed E-state index contributed by atoms with van der Waals surface area (Å²) in [5.74, 6) is 1.42. The van der Waals surface area contributed by atoms with Gasteiger partial charge in [0.2, 0.25) is 0 Å². The zero-order valence-corrected chi connectivity index (χ0v) is 12.8. The molecule has 1 saturated heterocycles. The summed E-state index contributed by atoms with van der Waals surface area (Å²) in [6.07, 6.45) is 7.23. The number of nitriles is 1. The van der Waals surface area contributed by atoms with Gasteiger partial charge in [-0.15, -0.1) is 0 Å². The van der Waals surface area contributed by atoms with Crippen molar-refractivity contribution in [1.82, 2.24) is 19.9 Å². The molecule has 0 aromatic carbocycles. The van der Waals surface area contributed by atoms with Gasteiger partial charge in [0.25, 0.3) is 0 Å². The number of nitrogens with one attached hydrogen (secondary N) is 1. The molecule has 2 atom stereocenters. The summed E-state index contributed by atoms with van der Waals surface area (Å²) in [5, 5.41) is 12.3. The van der Waals surface area contributed by atoms with Gasteiger partial charge < -0.3 is 15.0 Å². The lowest BCUT2D eigenvalue weighted by atomic mass is 10.2. The lowest BCUT2D eigenvalue weighted by molar-refractivity contribution is 0.118. The third-order valence-electron chi connectivity index (χ3n) is 3.91. The molecule has 3 rings (SSSR count). The van der Waals surface area contributed by atoms with Crippen LogP contribution in [0.1, 0.15) is 12.0 Å². The van der Waals surface area contributed by atoms with E-state index in [9.17, 15) is 0 Å². The third-order valence-corrected chi connectivity index (χ3v) is 3.91. The van der Waals surface area contributed by atoms with E-state index in [1.807, 2.05) is 6.07 Å². The van der Waals surface area contributed by atoms with Gasteiger partial charge in [-0.3, -0.25) is 0 Å². The molecule has 1 aliphatic rings. The summed E-state index contributed by atoms with van der Waals surface area (Å²) in [4.78, 5) is 18.5. The second-order valence-corrected chi connectivity index (χ2v) is 5.24. The number of methoxy groups -OCH3 is 1. The van der Waals surface area contributed by atoms with Crippen molar-refractivity contribution in [3.05, 3.63) is 36.7 Å². The van der Waals surface area contributed by atoms with E-state index in [1.165, 1.54) is 18.9 Å². The summed E-state index contributed by atoms with van der Waals surface area (Å²) in [7, 11) is 1.72. The van der Waals surface area contributed by atoms with Crippen LogP contribution in [0.2, 0.25) is 0 Å². The molecule has 1 N–H and O–H groups in total. The maximum atomic E-state index is 9.10. The van der Waals surface area contributed by atoms with Crippen LogP contribution < -0.4 is 10.2 Å². The molecule has 3 heterocycles. The van der Waals surface area contributed by atoms with Crippen molar-refractivity contribution in [3.8, 4) is 6.07 Å². The molecule has 0 radical (unpaired) electrons. The molecule has 23 heavy (non-hydrogen) atoms. The van der Waals surface area contributed by atoms with Crippen LogP contribution in [0.15, 0.2) is 31.1 Å². The van der Waals surface area contributed by atoms with Gasteiger partial charge in [0.1, 0.15) is 35.9 Å². The van der Waals surface area contributed by atoms with Gasteiger partial charge in [-0.05, 0) is 12.5 Å². The highest BCUT2D eigenvalue weighted by Crippen LogP contribution is 2.25. The first-order valence-electron chi connectivity index (χ1n) is 7.31. The summed E-state index contributed by atoms with van der Waals surface area (Å²) < 4.78 is 5.50. The Kier molecular flexibility index (Phi) is 4.59. The minimum atomic E-state index is 0.151. The minimum absolute atomic E-state index is 0.151. The maximum Gasteiger partial charge on any atom is 0.147 e. The number of nitrogens with zero attached hydrogens (tertiary/aromatic N) is 6.